The molecule has 0 aliphatic carbocycles. The molecule has 0 radical (unpaired) electrons. The summed E-state index contributed by atoms with van der Waals surface area (Å²) < 4.78 is 28.1. The predicted molar refractivity (Wildman–Crippen MR) is 65.6 cm³/mol. The van der Waals surface area contributed by atoms with Crippen LogP contribution in [0.4, 0.5) is 8.78 Å². The van der Waals surface area contributed by atoms with Gasteiger partial charge in [0.25, 0.3) is 5.78 Å². The zero-order chi connectivity index (χ0) is 13.6. The van der Waals surface area contributed by atoms with E-state index in [9.17, 15) is 8.78 Å². The second-order valence-corrected chi connectivity index (χ2v) is 4.28. The van der Waals surface area contributed by atoms with E-state index in [-0.39, 0.29) is 5.56 Å². The molecule has 3 aromatic rings. The molecule has 0 saturated heterocycles. The van der Waals surface area contributed by atoms with Crippen LogP contribution in [0.1, 0.15) is 11.4 Å². The number of halogens is 2. The highest BCUT2D eigenvalue weighted by molar-refractivity contribution is 5.61. The molecule has 0 aliphatic heterocycles. The minimum absolute atomic E-state index is 0.226. The standard InChI is InChI=1S/C13H10F2N4/c1-7-8(2)18-19-6-12(17-13(19)16-7)10-4-3-9(14)5-11(10)15/h3-6H,1-2H3. The van der Waals surface area contributed by atoms with Gasteiger partial charge in [0.05, 0.1) is 23.3 Å². The van der Waals surface area contributed by atoms with Crippen LogP contribution < -0.4 is 0 Å². The van der Waals surface area contributed by atoms with Gasteiger partial charge in [0.15, 0.2) is 0 Å². The van der Waals surface area contributed by atoms with E-state index in [0.717, 1.165) is 17.5 Å². The van der Waals surface area contributed by atoms with Crippen LogP contribution in [0.2, 0.25) is 0 Å². The number of aryl methyl sites for hydroxylation is 2. The van der Waals surface area contributed by atoms with Gasteiger partial charge in [-0.05, 0) is 26.0 Å². The van der Waals surface area contributed by atoms with E-state index in [4.69, 9.17) is 0 Å². The van der Waals surface area contributed by atoms with Crippen LogP contribution in [0.25, 0.3) is 17.0 Å². The second kappa shape index (κ2) is 4.08. The molecule has 1 aromatic carbocycles. The Balaban J connectivity index is 2.20. The van der Waals surface area contributed by atoms with E-state index >= 15 is 0 Å². The van der Waals surface area contributed by atoms with Gasteiger partial charge in [-0.25, -0.2) is 23.3 Å². The lowest BCUT2D eigenvalue weighted by molar-refractivity contribution is 0.585. The summed E-state index contributed by atoms with van der Waals surface area (Å²) in [5, 5.41) is 4.26. The fraction of sp³-hybridized carbons (Fsp3) is 0.154. The van der Waals surface area contributed by atoms with Crippen LogP contribution in [0.5, 0.6) is 0 Å². The van der Waals surface area contributed by atoms with Gasteiger partial charge < -0.3 is 0 Å². The molecule has 0 bridgehead atoms. The van der Waals surface area contributed by atoms with Gasteiger partial charge in [-0.2, -0.15) is 5.10 Å². The monoisotopic (exact) mass is 260 g/mol. The fourth-order valence-electron chi connectivity index (χ4n) is 1.80. The minimum atomic E-state index is -0.656. The molecule has 96 valence electrons. The minimum Gasteiger partial charge on any atom is -0.215 e. The molecular weight excluding hydrogens is 250 g/mol. The maximum Gasteiger partial charge on any atom is 0.251 e. The zero-order valence-corrected chi connectivity index (χ0v) is 10.4. The van der Waals surface area contributed by atoms with E-state index in [1.54, 1.807) is 6.20 Å². The molecule has 0 amide bonds. The molecule has 0 unspecified atom stereocenters. The average Bonchev–Trinajstić information content (AvgIpc) is 2.72. The first-order valence-corrected chi connectivity index (χ1v) is 5.70. The van der Waals surface area contributed by atoms with Crippen molar-refractivity contribution in [1.29, 1.82) is 0 Å². The lowest BCUT2D eigenvalue weighted by Crippen LogP contribution is -1.99. The summed E-state index contributed by atoms with van der Waals surface area (Å²) in [6.45, 7) is 3.66. The Hall–Kier alpha value is -2.37. The quantitative estimate of drug-likeness (QED) is 0.675. The number of fused-ring (bicyclic) bond motifs is 1. The summed E-state index contributed by atoms with van der Waals surface area (Å²) in [6, 6.07) is 3.38. The Morgan fingerprint density at radius 1 is 1.05 bits per heavy atom. The van der Waals surface area contributed by atoms with Crippen LogP contribution in [0, 0.1) is 25.5 Å². The van der Waals surface area contributed by atoms with Crippen LogP contribution in [-0.2, 0) is 0 Å². The first-order chi connectivity index (χ1) is 9.04. The average molecular weight is 260 g/mol. The molecule has 19 heavy (non-hydrogen) atoms. The van der Waals surface area contributed by atoms with Gasteiger partial charge in [-0.15, -0.1) is 0 Å². The number of hydrogen-bond acceptors (Lipinski definition) is 3. The summed E-state index contributed by atoms with van der Waals surface area (Å²) in [5.41, 5.74) is 2.15. The molecule has 0 fully saturated rings. The summed E-state index contributed by atoms with van der Waals surface area (Å²) in [7, 11) is 0. The van der Waals surface area contributed by atoms with Crippen LogP contribution >= 0.6 is 0 Å². The number of benzene rings is 1. The van der Waals surface area contributed by atoms with Gasteiger partial charge in [0, 0.05) is 11.6 Å². The number of aromatic nitrogens is 4. The smallest absolute Gasteiger partial charge is 0.215 e. The topological polar surface area (TPSA) is 43.1 Å². The van der Waals surface area contributed by atoms with Crippen LogP contribution in [0.15, 0.2) is 24.4 Å². The lowest BCUT2D eigenvalue weighted by Gasteiger charge is -1.97. The Kier molecular flexibility index (Phi) is 2.51. The van der Waals surface area contributed by atoms with Crippen LogP contribution in [-0.4, -0.2) is 19.6 Å². The van der Waals surface area contributed by atoms with Crippen molar-refractivity contribution < 1.29 is 8.78 Å². The van der Waals surface area contributed by atoms with Gasteiger partial charge in [0.1, 0.15) is 11.6 Å². The molecular formula is C13H10F2N4. The normalized spacial score (nSPS) is 11.2. The third kappa shape index (κ3) is 1.95. The largest absolute Gasteiger partial charge is 0.251 e. The Morgan fingerprint density at radius 3 is 2.58 bits per heavy atom. The highest BCUT2D eigenvalue weighted by Crippen LogP contribution is 2.22. The zero-order valence-electron chi connectivity index (χ0n) is 10.4. The summed E-state index contributed by atoms with van der Waals surface area (Å²) in [5.74, 6) is -0.883. The molecule has 3 rings (SSSR count). The summed E-state index contributed by atoms with van der Waals surface area (Å²) >= 11 is 0. The first-order valence-electron chi connectivity index (χ1n) is 5.70. The van der Waals surface area contributed by atoms with E-state index in [1.807, 2.05) is 13.8 Å². The molecule has 4 nitrogen and oxygen atoms in total. The highest BCUT2D eigenvalue weighted by Gasteiger charge is 2.12. The number of imidazole rings is 1. The molecule has 2 heterocycles. The maximum atomic E-state index is 13.7. The van der Waals surface area contributed by atoms with Gasteiger partial charge in [-0.1, -0.05) is 0 Å². The lowest BCUT2D eigenvalue weighted by atomic mass is 10.1. The summed E-state index contributed by atoms with van der Waals surface area (Å²) in [6.07, 6.45) is 1.57. The van der Waals surface area contributed by atoms with Crippen molar-refractivity contribution in [3.8, 4) is 11.3 Å². The van der Waals surface area contributed by atoms with Gasteiger partial charge in [-0.3, -0.25) is 0 Å². The SMILES string of the molecule is Cc1nc2nc(-c3ccc(F)cc3F)cn2nc1C. The second-order valence-electron chi connectivity index (χ2n) is 4.28. The molecule has 0 aliphatic rings. The van der Waals surface area contributed by atoms with Crippen molar-refractivity contribution in [2.24, 2.45) is 0 Å². The molecule has 0 saturated carbocycles. The highest BCUT2D eigenvalue weighted by atomic mass is 19.1. The van der Waals surface area contributed by atoms with E-state index < -0.39 is 11.6 Å². The Morgan fingerprint density at radius 2 is 1.84 bits per heavy atom. The third-order valence-electron chi connectivity index (χ3n) is 2.93. The molecule has 0 spiro atoms. The fourth-order valence-corrected chi connectivity index (χ4v) is 1.80. The summed E-state index contributed by atoms with van der Waals surface area (Å²) in [4.78, 5) is 8.46. The van der Waals surface area contributed by atoms with E-state index in [2.05, 4.69) is 15.1 Å². The van der Waals surface area contributed by atoms with Crippen molar-refractivity contribution in [1.82, 2.24) is 19.6 Å². The third-order valence-corrected chi connectivity index (χ3v) is 2.93. The van der Waals surface area contributed by atoms with Crippen molar-refractivity contribution in [2.75, 3.05) is 0 Å². The van der Waals surface area contributed by atoms with Crippen LogP contribution in [0.3, 0.4) is 0 Å². The first kappa shape index (κ1) is 11.7. The van der Waals surface area contributed by atoms with E-state index in [1.165, 1.54) is 16.6 Å². The number of rotatable bonds is 1. The van der Waals surface area contributed by atoms with Gasteiger partial charge in [0.2, 0.25) is 0 Å². The molecule has 2 aromatic heterocycles. The molecule has 0 N–H and O–H groups in total. The molecule has 0 atom stereocenters. The van der Waals surface area contributed by atoms with Crippen molar-refractivity contribution in [3.05, 3.63) is 47.4 Å². The molecule has 6 heteroatoms. The van der Waals surface area contributed by atoms with E-state index in [0.29, 0.717) is 11.5 Å². The van der Waals surface area contributed by atoms with Crippen molar-refractivity contribution in [2.45, 2.75) is 13.8 Å². The van der Waals surface area contributed by atoms with Gasteiger partial charge >= 0.3 is 0 Å². The maximum absolute atomic E-state index is 13.7. The Bertz CT molecular complexity index is 741. The number of hydrogen-bond donors (Lipinski definition) is 0. The van der Waals surface area contributed by atoms with Crippen molar-refractivity contribution >= 4 is 5.78 Å². The predicted octanol–water partition coefficient (Wildman–Crippen LogP) is 2.69. The van der Waals surface area contributed by atoms with Crippen molar-refractivity contribution in [3.63, 3.8) is 0 Å². The number of nitrogens with zero attached hydrogens (tertiary/aromatic N) is 4. The Labute approximate surface area is 107 Å².